The monoisotopic (exact) mass is 604 g/mol. The summed E-state index contributed by atoms with van der Waals surface area (Å²) in [5, 5.41) is 4.43. The molecule has 5 heterocycles. The largest absolute Gasteiger partial charge is 0.436 e. The Balaban J connectivity index is 1.53. The standard InChI is InChI=1S/C35H37FN6OSi/c1-21-18-23(15-17-44(7,8)35(3,4)5)38-19-26(21)32-29-24-12-13-27(43-28-11-9-10-22(2)41-28)31(36)25(24)14-16-37-33-30(29)34(42(32)6)40-20-39-33/h9-13,18-20H,14,16H2,1-8H3,(H,37,39,40). The smallest absolute Gasteiger partial charge is 0.219 e. The molecule has 0 unspecified atom stereocenters. The molecule has 1 aliphatic heterocycles. The van der Waals surface area contributed by atoms with Crippen LogP contribution in [-0.4, -0.2) is 39.1 Å². The van der Waals surface area contributed by atoms with Gasteiger partial charge in [0.2, 0.25) is 5.88 Å². The Morgan fingerprint density at radius 1 is 1.05 bits per heavy atom. The first-order valence-electron chi connectivity index (χ1n) is 14.9. The lowest BCUT2D eigenvalue weighted by atomic mass is 9.91. The van der Waals surface area contributed by atoms with Crippen LogP contribution in [0.4, 0.5) is 10.2 Å². The van der Waals surface area contributed by atoms with Crippen molar-refractivity contribution < 1.29 is 9.13 Å². The molecule has 224 valence electrons. The lowest BCUT2D eigenvalue weighted by Crippen LogP contribution is -2.35. The second-order valence-corrected chi connectivity index (χ2v) is 18.0. The first-order valence-corrected chi connectivity index (χ1v) is 17.9. The van der Waals surface area contributed by atoms with Gasteiger partial charge in [0.15, 0.2) is 11.6 Å². The fourth-order valence-electron chi connectivity index (χ4n) is 5.40. The minimum atomic E-state index is -1.79. The van der Waals surface area contributed by atoms with Crippen molar-refractivity contribution in [2.75, 3.05) is 11.9 Å². The van der Waals surface area contributed by atoms with Crippen LogP contribution in [0.25, 0.3) is 33.4 Å². The van der Waals surface area contributed by atoms with E-state index in [4.69, 9.17) is 9.72 Å². The van der Waals surface area contributed by atoms with Gasteiger partial charge < -0.3 is 14.6 Å². The highest BCUT2D eigenvalue weighted by atomic mass is 28.3. The maximum atomic E-state index is 16.3. The molecule has 0 fully saturated rings. The minimum absolute atomic E-state index is 0.142. The molecule has 5 aromatic rings. The van der Waals surface area contributed by atoms with Crippen LogP contribution in [0.1, 0.15) is 43.3 Å². The zero-order valence-electron chi connectivity index (χ0n) is 26.6. The number of fused-ring (bicyclic) bond motifs is 2. The van der Waals surface area contributed by atoms with Crippen molar-refractivity contribution in [1.82, 2.24) is 24.5 Å². The zero-order valence-corrected chi connectivity index (χ0v) is 27.6. The van der Waals surface area contributed by atoms with E-state index >= 15 is 4.39 Å². The predicted molar refractivity (Wildman–Crippen MR) is 177 cm³/mol. The van der Waals surface area contributed by atoms with Crippen molar-refractivity contribution in [2.45, 2.75) is 59.2 Å². The van der Waals surface area contributed by atoms with E-state index in [1.165, 1.54) is 0 Å². The molecule has 0 spiro atoms. The number of hydrogen-bond donors (Lipinski definition) is 1. The van der Waals surface area contributed by atoms with E-state index in [1.807, 2.05) is 44.4 Å². The number of halogens is 1. The molecular formula is C35H37FN6OSi. The third-order valence-electron chi connectivity index (χ3n) is 8.93. The molecule has 9 heteroatoms. The molecule has 1 N–H and O–H groups in total. The van der Waals surface area contributed by atoms with Crippen molar-refractivity contribution in [2.24, 2.45) is 7.05 Å². The van der Waals surface area contributed by atoms with Crippen molar-refractivity contribution >= 4 is 24.9 Å². The highest BCUT2D eigenvalue weighted by Crippen LogP contribution is 2.46. The average molecular weight is 605 g/mol. The van der Waals surface area contributed by atoms with Crippen LogP contribution in [-0.2, 0) is 13.5 Å². The summed E-state index contributed by atoms with van der Waals surface area (Å²) in [6.07, 6.45) is 3.89. The summed E-state index contributed by atoms with van der Waals surface area (Å²) >= 11 is 0. The van der Waals surface area contributed by atoms with Crippen LogP contribution in [0.15, 0.2) is 48.9 Å². The van der Waals surface area contributed by atoms with Crippen LogP contribution >= 0.6 is 0 Å². The van der Waals surface area contributed by atoms with Crippen LogP contribution in [0.5, 0.6) is 11.6 Å². The Bertz CT molecular complexity index is 2000. The number of anilines is 1. The fourth-order valence-corrected chi connectivity index (χ4v) is 6.21. The Labute approximate surface area is 259 Å². The molecule has 1 aromatic carbocycles. The van der Waals surface area contributed by atoms with Gasteiger partial charge in [-0.1, -0.05) is 51.9 Å². The van der Waals surface area contributed by atoms with E-state index in [0.717, 1.165) is 56.2 Å². The minimum Gasteiger partial charge on any atom is -0.436 e. The predicted octanol–water partition coefficient (Wildman–Crippen LogP) is 8.01. The summed E-state index contributed by atoms with van der Waals surface area (Å²) in [5.41, 5.74) is 10.9. The zero-order chi connectivity index (χ0) is 31.4. The number of ether oxygens (including phenoxy) is 1. The number of nitrogens with one attached hydrogen (secondary N) is 1. The van der Waals surface area contributed by atoms with Crippen molar-refractivity contribution in [3.63, 3.8) is 0 Å². The molecule has 1 aliphatic rings. The van der Waals surface area contributed by atoms with Crippen LogP contribution < -0.4 is 10.1 Å². The fraction of sp³-hybridized carbons (Fsp3) is 0.314. The number of benzene rings is 1. The summed E-state index contributed by atoms with van der Waals surface area (Å²) in [7, 11) is 0.191. The molecule has 0 bridgehead atoms. The van der Waals surface area contributed by atoms with Crippen LogP contribution in [0, 0.1) is 31.1 Å². The normalized spacial score (nSPS) is 12.9. The second-order valence-electron chi connectivity index (χ2n) is 13.0. The molecule has 0 saturated carbocycles. The van der Waals surface area contributed by atoms with Gasteiger partial charge in [0.05, 0.1) is 11.1 Å². The molecule has 0 aliphatic carbocycles. The molecule has 0 radical (unpaired) electrons. The van der Waals surface area contributed by atoms with Crippen molar-refractivity contribution in [3.8, 4) is 45.5 Å². The van der Waals surface area contributed by atoms with Gasteiger partial charge in [0.25, 0.3) is 0 Å². The Morgan fingerprint density at radius 3 is 2.57 bits per heavy atom. The molecule has 0 atom stereocenters. The third kappa shape index (κ3) is 5.13. The molecule has 7 nitrogen and oxygen atoms in total. The molecule has 0 saturated heterocycles. The van der Waals surface area contributed by atoms with Gasteiger partial charge in [-0.3, -0.25) is 0 Å². The van der Waals surface area contributed by atoms with Crippen molar-refractivity contribution in [1.29, 1.82) is 0 Å². The Kier molecular flexibility index (Phi) is 7.29. The van der Waals surface area contributed by atoms with E-state index in [2.05, 4.69) is 77.1 Å². The van der Waals surface area contributed by atoms with Gasteiger partial charge in [-0.05, 0) is 54.6 Å². The van der Waals surface area contributed by atoms with Gasteiger partial charge in [-0.25, -0.2) is 24.3 Å². The Hall–Kier alpha value is -4.55. The van der Waals surface area contributed by atoms with Gasteiger partial charge in [-0.15, -0.1) is 5.54 Å². The van der Waals surface area contributed by atoms with Crippen LogP contribution in [0.2, 0.25) is 18.1 Å². The number of rotatable bonds is 3. The summed E-state index contributed by atoms with van der Waals surface area (Å²) < 4.78 is 24.3. The molecule has 6 rings (SSSR count). The lowest BCUT2D eigenvalue weighted by Gasteiger charge is -2.31. The quantitative estimate of drug-likeness (QED) is 0.166. The maximum absolute atomic E-state index is 16.3. The SMILES string of the molecule is Cc1cccc(Oc2ccc3c(c2F)CCNc2ncnc4c2c-3c(-c2cnc(C#C[Si](C)(C)C(C)(C)C)cc2C)n4C)n1. The lowest BCUT2D eigenvalue weighted by molar-refractivity contribution is 0.424. The van der Waals surface area contributed by atoms with E-state index in [9.17, 15) is 0 Å². The molecular weight excluding hydrogens is 568 g/mol. The molecule has 0 amide bonds. The summed E-state index contributed by atoms with van der Waals surface area (Å²) in [6.45, 7) is 15.8. The summed E-state index contributed by atoms with van der Waals surface area (Å²) in [4.78, 5) is 18.4. The Morgan fingerprint density at radius 2 is 1.84 bits per heavy atom. The number of pyridine rings is 2. The molecule has 4 aromatic heterocycles. The van der Waals surface area contributed by atoms with Crippen LogP contribution in [0.3, 0.4) is 0 Å². The van der Waals surface area contributed by atoms with E-state index < -0.39 is 13.9 Å². The summed E-state index contributed by atoms with van der Waals surface area (Å²) in [5.74, 6) is 4.19. The highest BCUT2D eigenvalue weighted by Gasteiger charge is 2.34. The first kappa shape index (κ1) is 29.5. The van der Waals surface area contributed by atoms with E-state index in [-0.39, 0.29) is 10.8 Å². The number of hydrogen-bond acceptors (Lipinski definition) is 6. The first-order chi connectivity index (χ1) is 20.9. The van der Waals surface area contributed by atoms with Gasteiger partial charge in [-0.2, -0.15) is 0 Å². The number of nitrogens with zero attached hydrogens (tertiary/aromatic N) is 5. The van der Waals surface area contributed by atoms with E-state index in [0.29, 0.717) is 24.4 Å². The summed E-state index contributed by atoms with van der Waals surface area (Å²) in [6, 6.07) is 11.1. The average Bonchev–Trinajstić information content (AvgIpc) is 3.24. The van der Waals surface area contributed by atoms with Crippen molar-refractivity contribution in [3.05, 3.63) is 77.3 Å². The molecule has 44 heavy (non-hydrogen) atoms. The van der Waals surface area contributed by atoms with Gasteiger partial charge >= 0.3 is 0 Å². The van der Waals surface area contributed by atoms with Gasteiger partial charge in [0, 0.05) is 48.2 Å². The maximum Gasteiger partial charge on any atom is 0.219 e. The van der Waals surface area contributed by atoms with E-state index in [1.54, 1.807) is 18.5 Å². The second kappa shape index (κ2) is 10.9. The number of aryl methyl sites for hydroxylation is 3. The highest BCUT2D eigenvalue weighted by molar-refractivity contribution is 6.87. The third-order valence-corrected chi connectivity index (χ3v) is 13.4. The topological polar surface area (TPSA) is 77.8 Å². The number of aromatic nitrogens is 5. The van der Waals surface area contributed by atoms with Gasteiger partial charge in [0.1, 0.15) is 31.6 Å².